The quantitative estimate of drug-likeness (QED) is 0.828. The van der Waals surface area contributed by atoms with Gasteiger partial charge in [-0.25, -0.2) is 4.79 Å². The molecule has 5 nitrogen and oxygen atoms in total. The van der Waals surface area contributed by atoms with Crippen LogP contribution in [-0.4, -0.2) is 29.9 Å². The summed E-state index contributed by atoms with van der Waals surface area (Å²) in [6.07, 6.45) is 1.69. The van der Waals surface area contributed by atoms with Crippen LogP contribution >= 0.6 is 0 Å². The second-order valence-corrected chi connectivity index (χ2v) is 5.31. The predicted molar refractivity (Wildman–Crippen MR) is 79.4 cm³/mol. The van der Waals surface area contributed by atoms with Crippen LogP contribution in [0, 0.1) is 6.92 Å². The third kappa shape index (κ3) is 2.31. The first-order valence-corrected chi connectivity index (χ1v) is 6.87. The van der Waals surface area contributed by atoms with E-state index in [0.717, 1.165) is 11.1 Å². The number of amides is 3. The van der Waals surface area contributed by atoms with Crippen LogP contribution in [0.4, 0.5) is 4.79 Å². The number of hydrogen-bond donors (Lipinski definition) is 2. The molecule has 0 fully saturated rings. The Morgan fingerprint density at radius 2 is 2.24 bits per heavy atom. The summed E-state index contributed by atoms with van der Waals surface area (Å²) in [4.78, 5) is 26.0. The average Bonchev–Trinajstić information content (AvgIpc) is 2.75. The maximum absolute atomic E-state index is 12.5. The van der Waals surface area contributed by atoms with E-state index in [1.807, 2.05) is 31.2 Å². The first-order valence-electron chi connectivity index (χ1n) is 6.87. The minimum absolute atomic E-state index is 0.0519. The first-order chi connectivity index (χ1) is 10.1. The van der Waals surface area contributed by atoms with Crippen LogP contribution in [-0.2, 0) is 4.79 Å². The van der Waals surface area contributed by atoms with Crippen molar-refractivity contribution in [3.63, 3.8) is 0 Å². The van der Waals surface area contributed by atoms with E-state index in [1.165, 1.54) is 0 Å². The minimum Gasteiger partial charge on any atom is -0.329 e. The van der Waals surface area contributed by atoms with E-state index in [2.05, 4.69) is 17.2 Å². The van der Waals surface area contributed by atoms with Crippen molar-refractivity contribution in [2.24, 2.45) is 0 Å². The van der Waals surface area contributed by atoms with Crippen molar-refractivity contribution < 1.29 is 9.59 Å². The van der Waals surface area contributed by atoms with Gasteiger partial charge in [0.05, 0.1) is 23.9 Å². The molecule has 108 valence electrons. The van der Waals surface area contributed by atoms with Crippen LogP contribution in [0.5, 0.6) is 0 Å². The van der Waals surface area contributed by atoms with Gasteiger partial charge in [0.15, 0.2) is 0 Å². The van der Waals surface area contributed by atoms with Gasteiger partial charge in [0, 0.05) is 6.54 Å². The molecule has 1 aromatic rings. The van der Waals surface area contributed by atoms with Crippen molar-refractivity contribution in [3.05, 3.63) is 59.3 Å². The van der Waals surface area contributed by atoms with Crippen molar-refractivity contribution >= 4 is 11.9 Å². The number of nitrogens with one attached hydrogen (secondary N) is 2. The maximum Gasteiger partial charge on any atom is 0.319 e. The van der Waals surface area contributed by atoms with Gasteiger partial charge in [0.2, 0.25) is 0 Å². The zero-order valence-electron chi connectivity index (χ0n) is 11.8. The lowest BCUT2D eigenvalue weighted by molar-refractivity contribution is -0.125. The number of carbonyl (C=O) groups excluding carboxylic acids is 2. The largest absolute Gasteiger partial charge is 0.329 e. The summed E-state index contributed by atoms with van der Waals surface area (Å²) in [6.45, 7) is 6.55. The molecule has 21 heavy (non-hydrogen) atoms. The Hall–Kier alpha value is -2.56. The van der Waals surface area contributed by atoms with Gasteiger partial charge in [-0.3, -0.25) is 4.79 Å². The van der Waals surface area contributed by atoms with E-state index in [4.69, 9.17) is 0 Å². The lowest BCUT2D eigenvalue weighted by Gasteiger charge is -2.25. The van der Waals surface area contributed by atoms with Gasteiger partial charge >= 0.3 is 6.03 Å². The molecule has 1 aromatic carbocycles. The zero-order valence-corrected chi connectivity index (χ0v) is 11.8. The fraction of sp³-hybridized carbons (Fsp3) is 0.250. The van der Waals surface area contributed by atoms with E-state index < -0.39 is 6.04 Å². The first kappa shape index (κ1) is 13.4. The standard InChI is InChI=1S/C16H17N3O2/c1-3-7-19-9-12-13(15(19)20)14(18-16(21)17-12)11-6-4-5-10(2)8-11/h3-6,8,14H,1,7,9H2,2H3,(H2,17,18,21)/t14-/m0/s1. The second kappa shape index (κ2) is 5.09. The number of urea groups is 1. The molecule has 1 atom stereocenters. The predicted octanol–water partition coefficient (Wildman–Crippen LogP) is 1.63. The third-order valence-corrected chi connectivity index (χ3v) is 3.75. The summed E-state index contributed by atoms with van der Waals surface area (Å²) < 4.78 is 0. The lowest BCUT2D eigenvalue weighted by Crippen LogP contribution is -2.44. The molecule has 3 amide bonds. The number of rotatable bonds is 3. The van der Waals surface area contributed by atoms with Crippen LogP contribution in [0.1, 0.15) is 17.2 Å². The van der Waals surface area contributed by atoms with E-state index in [1.54, 1.807) is 11.0 Å². The van der Waals surface area contributed by atoms with Gasteiger partial charge in [-0.1, -0.05) is 35.9 Å². The fourth-order valence-electron chi connectivity index (χ4n) is 2.83. The molecular weight excluding hydrogens is 266 g/mol. The van der Waals surface area contributed by atoms with E-state index in [-0.39, 0.29) is 11.9 Å². The molecule has 0 aromatic heterocycles. The fourth-order valence-corrected chi connectivity index (χ4v) is 2.83. The Morgan fingerprint density at radius 3 is 2.95 bits per heavy atom. The van der Waals surface area contributed by atoms with Crippen LogP contribution in [0.15, 0.2) is 48.2 Å². The summed E-state index contributed by atoms with van der Waals surface area (Å²) >= 11 is 0. The molecule has 0 bridgehead atoms. The average molecular weight is 283 g/mol. The number of benzene rings is 1. The molecule has 2 heterocycles. The summed E-state index contributed by atoms with van der Waals surface area (Å²) in [6, 6.07) is 7.17. The van der Waals surface area contributed by atoms with Crippen LogP contribution in [0.2, 0.25) is 0 Å². The highest BCUT2D eigenvalue weighted by atomic mass is 16.2. The Bertz CT molecular complexity index is 663. The highest BCUT2D eigenvalue weighted by Gasteiger charge is 2.39. The van der Waals surface area contributed by atoms with E-state index in [9.17, 15) is 9.59 Å². The Morgan fingerprint density at radius 1 is 1.43 bits per heavy atom. The molecule has 0 unspecified atom stereocenters. The summed E-state index contributed by atoms with van der Waals surface area (Å²) in [5.74, 6) is -0.0519. The Kier molecular flexibility index (Phi) is 3.25. The molecule has 2 aliphatic rings. The zero-order chi connectivity index (χ0) is 15.0. The van der Waals surface area contributed by atoms with Gasteiger partial charge in [0.1, 0.15) is 0 Å². The Balaban J connectivity index is 2.00. The monoisotopic (exact) mass is 283 g/mol. The van der Waals surface area contributed by atoms with Crippen molar-refractivity contribution in [2.45, 2.75) is 13.0 Å². The third-order valence-electron chi connectivity index (χ3n) is 3.75. The molecule has 0 aliphatic carbocycles. The summed E-state index contributed by atoms with van der Waals surface area (Å²) in [5.41, 5.74) is 3.33. The van der Waals surface area contributed by atoms with Crippen molar-refractivity contribution in [1.29, 1.82) is 0 Å². The van der Waals surface area contributed by atoms with Gasteiger partial charge in [-0.15, -0.1) is 6.58 Å². The molecular formula is C16H17N3O2. The number of hydrogen-bond acceptors (Lipinski definition) is 2. The second-order valence-electron chi connectivity index (χ2n) is 5.31. The number of nitrogens with zero attached hydrogens (tertiary/aromatic N) is 1. The normalized spacial score (nSPS) is 21.0. The van der Waals surface area contributed by atoms with Gasteiger partial charge in [-0.2, -0.15) is 0 Å². The Labute approximate surface area is 123 Å². The van der Waals surface area contributed by atoms with E-state index >= 15 is 0 Å². The van der Waals surface area contributed by atoms with Crippen molar-refractivity contribution in [1.82, 2.24) is 15.5 Å². The maximum atomic E-state index is 12.5. The van der Waals surface area contributed by atoms with Crippen molar-refractivity contribution in [2.75, 3.05) is 13.1 Å². The SMILES string of the molecule is C=CCN1CC2=C(C1=O)[C@H](c1cccc(C)c1)NC(=O)N2. The van der Waals surface area contributed by atoms with Crippen LogP contribution in [0.25, 0.3) is 0 Å². The van der Waals surface area contributed by atoms with Gasteiger partial charge in [0.25, 0.3) is 5.91 Å². The summed E-state index contributed by atoms with van der Waals surface area (Å²) in [5, 5.41) is 5.59. The van der Waals surface area contributed by atoms with Crippen molar-refractivity contribution in [3.8, 4) is 0 Å². The topological polar surface area (TPSA) is 61.4 Å². The highest BCUT2D eigenvalue weighted by molar-refractivity contribution is 6.01. The molecule has 0 radical (unpaired) electrons. The molecule has 0 spiro atoms. The molecule has 2 aliphatic heterocycles. The molecule has 3 rings (SSSR count). The number of aryl methyl sites for hydroxylation is 1. The summed E-state index contributed by atoms with van der Waals surface area (Å²) in [7, 11) is 0. The van der Waals surface area contributed by atoms with Crippen LogP contribution in [0.3, 0.4) is 0 Å². The molecule has 0 saturated carbocycles. The highest BCUT2D eigenvalue weighted by Crippen LogP contribution is 2.32. The van der Waals surface area contributed by atoms with Gasteiger partial charge in [-0.05, 0) is 12.5 Å². The molecule has 5 heteroatoms. The molecule has 2 N–H and O–H groups in total. The molecule has 0 saturated heterocycles. The number of carbonyl (C=O) groups is 2. The van der Waals surface area contributed by atoms with E-state index in [0.29, 0.717) is 24.4 Å². The van der Waals surface area contributed by atoms with Crippen LogP contribution < -0.4 is 10.6 Å². The minimum atomic E-state index is -0.393. The smallest absolute Gasteiger partial charge is 0.319 e. The van der Waals surface area contributed by atoms with Gasteiger partial charge < -0.3 is 15.5 Å². The lowest BCUT2D eigenvalue weighted by atomic mass is 9.95.